The standard InChI is InChI=1S/C16H11ClN4O2/c17-10-5-12(13-8-19-21-14(13)6-10)15(7-18)20-11-3-1-2-9(4-11)16(22)23/h1-6,8,15,20H,(H,19,21)(H,22,23)/t15-/m0/s1. The predicted octanol–water partition coefficient (Wildman–Crippen LogP) is 3.59. The lowest BCUT2D eigenvalue weighted by Gasteiger charge is -2.15. The summed E-state index contributed by atoms with van der Waals surface area (Å²) in [6.45, 7) is 0. The van der Waals surface area contributed by atoms with Crippen molar-refractivity contribution < 1.29 is 9.90 Å². The van der Waals surface area contributed by atoms with Gasteiger partial charge in [0, 0.05) is 21.7 Å². The van der Waals surface area contributed by atoms with Gasteiger partial charge < -0.3 is 10.4 Å². The van der Waals surface area contributed by atoms with Crippen LogP contribution in [0.5, 0.6) is 0 Å². The van der Waals surface area contributed by atoms with Crippen LogP contribution < -0.4 is 5.32 Å². The number of aromatic amines is 1. The van der Waals surface area contributed by atoms with Crippen LogP contribution in [0.3, 0.4) is 0 Å². The lowest BCUT2D eigenvalue weighted by atomic mass is 10.0. The predicted molar refractivity (Wildman–Crippen MR) is 86.5 cm³/mol. The molecule has 23 heavy (non-hydrogen) atoms. The van der Waals surface area contributed by atoms with Crippen molar-refractivity contribution >= 4 is 34.2 Å². The first kappa shape index (κ1) is 14.9. The van der Waals surface area contributed by atoms with E-state index < -0.39 is 12.0 Å². The van der Waals surface area contributed by atoms with Crippen LogP contribution in [0.15, 0.2) is 42.6 Å². The van der Waals surface area contributed by atoms with Gasteiger partial charge in [-0.05, 0) is 30.3 Å². The van der Waals surface area contributed by atoms with Crippen molar-refractivity contribution in [1.82, 2.24) is 10.2 Å². The monoisotopic (exact) mass is 326 g/mol. The second-order valence-electron chi connectivity index (χ2n) is 4.92. The minimum absolute atomic E-state index is 0.145. The summed E-state index contributed by atoms with van der Waals surface area (Å²) in [5.41, 5.74) is 2.08. The molecule has 3 rings (SSSR count). The summed E-state index contributed by atoms with van der Waals surface area (Å²) in [6.07, 6.45) is 1.63. The number of benzene rings is 2. The SMILES string of the molecule is N#C[C@H](Nc1cccc(C(=O)O)c1)c1cc(Cl)cc2[nH]ncc12. The van der Waals surface area contributed by atoms with Crippen molar-refractivity contribution in [2.75, 3.05) is 5.32 Å². The zero-order valence-corrected chi connectivity index (χ0v) is 12.5. The molecule has 1 atom stereocenters. The molecule has 1 aromatic heterocycles. The van der Waals surface area contributed by atoms with Gasteiger partial charge in [0.2, 0.25) is 0 Å². The fourth-order valence-electron chi connectivity index (χ4n) is 2.37. The highest BCUT2D eigenvalue weighted by Crippen LogP contribution is 2.29. The van der Waals surface area contributed by atoms with Crippen molar-refractivity contribution in [2.45, 2.75) is 6.04 Å². The Bertz CT molecular complexity index is 929. The molecule has 114 valence electrons. The molecule has 0 spiro atoms. The van der Waals surface area contributed by atoms with Crippen molar-refractivity contribution in [3.63, 3.8) is 0 Å². The molecule has 7 heteroatoms. The normalized spacial score (nSPS) is 11.8. The molecule has 0 unspecified atom stereocenters. The minimum Gasteiger partial charge on any atom is -0.478 e. The number of halogens is 1. The van der Waals surface area contributed by atoms with E-state index in [0.717, 1.165) is 10.9 Å². The highest BCUT2D eigenvalue weighted by atomic mass is 35.5. The molecule has 0 radical (unpaired) electrons. The molecular formula is C16H11ClN4O2. The van der Waals surface area contributed by atoms with Gasteiger partial charge in [-0.2, -0.15) is 10.4 Å². The topological polar surface area (TPSA) is 102 Å². The van der Waals surface area contributed by atoms with Crippen molar-refractivity contribution in [1.29, 1.82) is 5.26 Å². The van der Waals surface area contributed by atoms with Crippen LogP contribution in [0.2, 0.25) is 5.02 Å². The maximum absolute atomic E-state index is 11.0. The quantitative estimate of drug-likeness (QED) is 0.680. The van der Waals surface area contributed by atoms with E-state index in [4.69, 9.17) is 16.7 Å². The molecule has 6 nitrogen and oxygen atoms in total. The Morgan fingerprint density at radius 1 is 1.39 bits per heavy atom. The van der Waals surface area contributed by atoms with Crippen molar-refractivity contribution in [3.05, 3.63) is 58.7 Å². The third-order valence-electron chi connectivity index (χ3n) is 3.42. The Hall–Kier alpha value is -3.04. The molecule has 0 amide bonds. The van der Waals surface area contributed by atoms with Crippen LogP contribution in [0.4, 0.5) is 5.69 Å². The number of carbonyl (C=O) groups is 1. The van der Waals surface area contributed by atoms with E-state index in [-0.39, 0.29) is 5.56 Å². The van der Waals surface area contributed by atoms with Gasteiger partial charge in [0.15, 0.2) is 0 Å². The first-order valence-electron chi connectivity index (χ1n) is 6.70. The molecule has 0 saturated heterocycles. The number of nitrogens with one attached hydrogen (secondary N) is 2. The summed E-state index contributed by atoms with van der Waals surface area (Å²) in [4.78, 5) is 11.0. The number of fused-ring (bicyclic) bond motifs is 1. The third kappa shape index (κ3) is 2.96. The number of aromatic carboxylic acids is 1. The van der Waals surface area contributed by atoms with E-state index in [9.17, 15) is 10.1 Å². The summed E-state index contributed by atoms with van der Waals surface area (Å²) in [7, 11) is 0. The molecule has 0 saturated carbocycles. The number of carboxylic acid groups (broad SMARTS) is 1. The van der Waals surface area contributed by atoms with Gasteiger partial charge in [-0.1, -0.05) is 17.7 Å². The van der Waals surface area contributed by atoms with Crippen molar-refractivity contribution in [3.8, 4) is 6.07 Å². The van der Waals surface area contributed by atoms with E-state index in [0.29, 0.717) is 16.3 Å². The molecule has 0 aliphatic rings. The largest absolute Gasteiger partial charge is 0.478 e. The molecular weight excluding hydrogens is 316 g/mol. The van der Waals surface area contributed by atoms with Crippen LogP contribution in [-0.4, -0.2) is 21.3 Å². The number of nitrogens with zero attached hydrogens (tertiary/aromatic N) is 2. The van der Waals surface area contributed by atoms with Gasteiger partial charge in [0.1, 0.15) is 6.04 Å². The maximum Gasteiger partial charge on any atom is 0.335 e. The molecule has 3 N–H and O–H groups in total. The van der Waals surface area contributed by atoms with Gasteiger partial charge in [-0.25, -0.2) is 4.79 Å². The Morgan fingerprint density at radius 2 is 2.22 bits per heavy atom. The first-order valence-corrected chi connectivity index (χ1v) is 7.08. The van der Waals surface area contributed by atoms with E-state index in [1.807, 2.05) is 0 Å². The molecule has 1 heterocycles. The van der Waals surface area contributed by atoms with Crippen LogP contribution >= 0.6 is 11.6 Å². The maximum atomic E-state index is 11.0. The van der Waals surface area contributed by atoms with Gasteiger partial charge in [-0.15, -0.1) is 0 Å². The summed E-state index contributed by atoms with van der Waals surface area (Å²) < 4.78 is 0. The van der Waals surface area contributed by atoms with Gasteiger partial charge in [0.25, 0.3) is 0 Å². The average molecular weight is 327 g/mol. The number of H-pyrrole nitrogens is 1. The van der Waals surface area contributed by atoms with E-state index in [1.165, 1.54) is 12.1 Å². The Balaban J connectivity index is 2.00. The van der Waals surface area contributed by atoms with Crippen LogP contribution in [0, 0.1) is 11.3 Å². The number of hydrogen-bond donors (Lipinski definition) is 3. The Labute approximate surface area is 136 Å². The van der Waals surface area contributed by atoms with Gasteiger partial charge in [0.05, 0.1) is 23.3 Å². The van der Waals surface area contributed by atoms with E-state index >= 15 is 0 Å². The Kier molecular flexibility index (Phi) is 3.87. The van der Waals surface area contributed by atoms with Crippen LogP contribution in [-0.2, 0) is 0 Å². The number of anilines is 1. The lowest BCUT2D eigenvalue weighted by molar-refractivity contribution is 0.0697. The molecule has 0 aliphatic carbocycles. The van der Waals surface area contributed by atoms with E-state index in [2.05, 4.69) is 21.6 Å². The molecule has 0 bridgehead atoms. The molecule has 0 fully saturated rings. The van der Waals surface area contributed by atoms with Gasteiger partial charge in [-0.3, -0.25) is 5.10 Å². The number of nitriles is 1. The third-order valence-corrected chi connectivity index (χ3v) is 3.63. The fourth-order valence-corrected chi connectivity index (χ4v) is 2.60. The second-order valence-corrected chi connectivity index (χ2v) is 5.36. The van der Waals surface area contributed by atoms with Crippen LogP contribution in [0.1, 0.15) is 22.0 Å². The highest BCUT2D eigenvalue weighted by Gasteiger charge is 2.16. The summed E-state index contributed by atoms with van der Waals surface area (Å²) in [5.74, 6) is -1.03. The fraction of sp³-hybridized carbons (Fsp3) is 0.0625. The minimum atomic E-state index is -1.03. The Morgan fingerprint density at radius 3 is 2.96 bits per heavy atom. The summed E-state index contributed by atoms with van der Waals surface area (Å²) in [6, 6.07) is 11.2. The highest BCUT2D eigenvalue weighted by molar-refractivity contribution is 6.31. The number of carboxylic acids is 1. The summed E-state index contributed by atoms with van der Waals surface area (Å²) in [5, 5.41) is 29.6. The second kappa shape index (κ2) is 5.99. The lowest BCUT2D eigenvalue weighted by Crippen LogP contribution is -2.09. The zero-order chi connectivity index (χ0) is 16.4. The van der Waals surface area contributed by atoms with Crippen LogP contribution in [0.25, 0.3) is 10.9 Å². The molecule has 3 aromatic rings. The zero-order valence-electron chi connectivity index (χ0n) is 11.7. The van der Waals surface area contributed by atoms with E-state index in [1.54, 1.807) is 30.5 Å². The average Bonchev–Trinajstić information content (AvgIpc) is 3.00. The molecule has 0 aliphatic heterocycles. The summed E-state index contributed by atoms with van der Waals surface area (Å²) >= 11 is 6.09. The van der Waals surface area contributed by atoms with Gasteiger partial charge >= 0.3 is 5.97 Å². The molecule has 2 aromatic carbocycles. The number of aromatic nitrogens is 2. The smallest absolute Gasteiger partial charge is 0.335 e. The van der Waals surface area contributed by atoms with Crippen molar-refractivity contribution in [2.24, 2.45) is 0 Å². The number of rotatable bonds is 4. The number of hydrogen-bond acceptors (Lipinski definition) is 4. The first-order chi connectivity index (χ1) is 11.1.